The molecule has 0 N–H and O–H groups in total. The van der Waals surface area contributed by atoms with Crippen molar-refractivity contribution in [2.24, 2.45) is 5.92 Å². The highest BCUT2D eigenvalue weighted by atomic mass is 15.1. The van der Waals surface area contributed by atoms with Gasteiger partial charge in [0.15, 0.2) is 0 Å². The van der Waals surface area contributed by atoms with Gasteiger partial charge in [0.2, 0.25) is 0 Å². The third kappa shape index (κ3) is 8.77. The van der Waals surface area contributed by atoms with Crippen molar-refractivity contribution in [3.05, 3.63) is 191 Å². The summed E-state index contributed by atoms with van der Waals surface area (Å²) in [5.74, 6) is 0.550. The fourth-order valence-corrected chi connectivity index (χ4v) is 8.10. The number of nitrogens with zero attached hydrogens (tertiary/aromatic N) is 4. The summed E-state index contributed by atoms with van der Waals surface area (Å²) in [4.78, 5) is 0. The van der Waals surface area contributed by atoms with E-state index in [2.05, 4.69) is 203 Å². The molecule has 58 heavy (non-hydrogen) atoms. The van der Waals surface area contributed by atoms with Crippen molar-refractivity contribution in [3.8, 4) is 33.6 Å². The number of rotatable bonds is 8. The molecule has 0 amide bonds. The van der Waals surface area contributed by atoms with Crippen LogP contribution in [0.1, 0.15) is 106 Å². The number of hydrogen-bond acceptors (Lipinski definition) is 4. The van der Waals surface area contributed by atoms with E-state index >= 15 is 0 Å². The maximum atomic E-state index is 4.71. The second kappa shape index (κ2) is 16.1. The van der Waals surface area contributed by atoms with Gasteiger partial charge in [0.05, 0.1) is 23.8 Å². The average molecular weight is 759 g/mol. The standard InChI is InChI=1S/C54H54N4/c1-36-24-43(40-16-12-9-13-17-40)22-23-50(36)47-33-52(58-56-35-47)45-27-38(29-49(31-45)54(5,6)7)25-37-26-44(30-48(28-37)53(2,3)4)51-32-46(34-55-57-51)42-20-18-41(19-21-42)39-14-10-8-11-15-39/h9-10,12-24,26-36,50H,8,11,25H2,1-7H3. The van der Waals surface area contributed by atoms with Crippen molar-refractivity contribution in [1.29, 1.82) is 0 Å². The van der Waals surface area contributed by atoms with Crippen molar-refractivity contribution in [2.45, 2.75) is 84.5 Å². The normalized spacial score (nSPS) is 16.9. The van der Waals surface area contributed by atoms with E-state index in [1.807, 2.05) is 12.4 Å². The highest BCUT2D eigenvalue weighted by Gasteiger charge is 2.23. The molecule has 0 fully saturated rings. The van der Waals surface area contributed by atoms with Crippen LogP contribution >= 0.6 is 0 Å². The summed E-state index contributed by atoms with van der Waals surface area (Å²) in [5, 5.41) is 18.5. The van der Waals surface area contributed by atoms with Gasteiger partial charge in [-0.15, -0.1) is 0 Å². The molecular formula is C54H54N4. The molecule has 2 heterocycles. The van der Waals surface area contributed by atoms with Crippen LogP contribution in [0.3, 0.4) is 0 Å². The third-order valence-corrected chi connectivity index (χ3v) is 11.6. The van der Waals surface area contributed by atoms with E-state index in [4.69, 9.17) is 5.10 Å². The second-order valence-corrected chi connectivity index (χ2v) is 18.2. The Labute approximate surface area is 345 Å². The number of hydrogen-bond donors (Lipinski definition) is 0. The average Bonchev–Trinajstić information content (AvgIpc) is 3.23. The molecule has 2 atom stereocenters. The summed E-state index contributed by atoms with van der Waals surface area (Å²) in [6.07, 6.45) is 20.6. The topological polar surface area (TPSA) is 51.6 Å². The van der Waals surface area contributed by atoms with E-state index in [1.165, 1.54) is 50.1 Å². The van der Waals surface area contributed by atoms with Gasteiger partial charge in [0.1, 0.15) is 0 Å². The first-order chi connectivity index (χ1) is 27.9. The first-order valence-electron chi connectivity index (χ1n) is 20.8. The fourth-order valence-electron chi connectivity index (χ4n) is 8.10. The Kier molecular flexibility index (Phi) is 10.8. The Morgan fingerprint density at radius 1 is 0.552 bits per heavy atom. The van der Waals surface area contributed by atoms with Crippen molar-refractivity contribution in [2.75, 3.05) is 0 Å². The van der Waals surface area contributed by atoms with Crippen LogP contribution in [0.15, 0.2) is 152 Å². The summed E-state index contributed by atoms with van der Waals surface area (Å²) in [6, 6.07) is 37.8. The smallest absolute Gasteiger partial charge is 0.0936 e. The van der Waals surface area contributed by atoms with Gasteiger partial charge >= 0.3 is 0 Å². The maximum absolute atomic E-state index is 4.71. The van der Waals surface area contributed by atoms with Crippen LogP contribution in [0.5, 0.6) is 0 Å². The van der Waals surface area contributed by atoms with Crippen LogP contribution < -0.4 is 0 Å². The zero-order chi connectivity index (χ0) is 40.4. The molecule has 2 aliphatic rings. The molecule has 2 aliphatic carbocycles. The molecule has 0 spiro atoms. The van der Waals surface area contributed by atoms with Gasteiger partial charge in [0.25, 0.3) is 0 Å². The van der Waals surface area contributed by atoms with Gasteiger partial charge < -0.3 is 0 Å². The van der Waals surface area contributed by atoms with Gasteiger partial charge in [-0.3, -0.25) is 0 Å². The predicted octanol–water partition coefficient (Wildman–Crippen LogP) is 13.6. The molecule has 4 aromatic carbocycles. The van der Waals surface area contributed by atoms with Gasteiger partial charge in [-0.2, -0.15) is 20.4 Å². The molecule has 4 heteroatoms. The zero-order valence-electron chi connectivity index (χ0n) is 35.0. The van der Waals surface area contributed by atoms with Gasteiger partial charge in [-0.05, 0) is 128 Å². The molecule has 0 bridgehead atoms. The molecule has 0 saturated heterocycles. The van der Waals surface area contributed by atoms with E-state index in [0.717, 1.165) is 52.9 Å². The van der Waals surface area contributed by atoms with Crippen molar-refractivity contribution >= 4 is 11.1 Å². The highest BCUT2D eigenvalue weighted by molar-refractivity contribution is 5.78. The van der Waals surface area contributed by atoms with E-state index in [-0.39, 0.29) is 16.7 Å². The Bertz CT molecular complexity index is 2560. The van der Waals surface area contributed by atoms with Gasteiger partial charge in [0, 0.05) is 22.6 Å². The largest absolute Gasteiger partial charge is 0.158 e. The van der Waals surface area contributed by atoms with Gasteiger partial charge in [-0.1, -0.05) is 152 Å². The number of allylic oxidation sites excluding steroid dienone is 8. The van der Waals surface area contributed by atoms with Crippen LogP contribution in [-0.4, -0.2) is 20.4 Å². The van der Waals surface area contributed by atoms with Crippen molar-refractivity contribution in [1.82, 2.24) is 20.4 Å². The SMILES string of the molecule is CC1C=C(c2ccccc2)C=CC1c1cnnc(-c2cc(Cc3cc(-c4cc(-c5ccc(C6=CCCC=C6)cc5)cnn4)cc(C(C)(C)C)c3)cc(C(C)(C)C)c2)c1. The lowest BCUT2D eigenvalue weighted by Crippen LogP contribution is -2.13. The first kappa shape index (κ1) is 38.9. The molecule has 0 saturated carbocycles. The molecule has 290 valence electrons. The number of aromatic nitrogens is 4. The van der Waals surface area contributed by atoms with Crippen molar-refractivity contribution in [3.63, 3.8) is 0 Å². The lowest BCUT2D eigenvalue weighted by molar-refractivity contribution is 0.589. The van der Waals surface area contributed by atoms with Crippen LogP contribution in [0.2, 0.25) is 0 Å². The Morgan fingerprint density at radius 2 is 1.16 bits per heavy atom. The zero-order valence-corrected chi connectivity index (χ0v) is 35.0. The summed E-state index contributed by atoms with van der Waals surface area (Å²) in [7, 11) is 0. The molecular weight excluding hydrogens is 705 g/mol. The van der Waals surface area contributed by atoms with Crippen LogP contribution in [-0.2, 0) is 17.3 Å². The van der Waals surface area contributed by atoms with Crippen molar-refractivity contribution < 1.29 is 0 Å². The third-order valence-electron chi connectivity index (χ3n) is 11.6. The summed E-state index contributed by atoms with van der Waals surface area (Å²) < 4.78 is 0. The highest BCUT2D eigenvalue weighted by Crippen LogP contribution is 2.37. The van der Waals surface area contributed by atoms with Crippen LogP contribution in [0, 0.1) is 5.92 Å². The minimum atomic E-state index is -0.0515. The second-order valence-electron chi connectivity index (χ2n) is 18.2. The quantitative estimate of drug-likeness (QED) is 0.155. The van der Waals surface area contributed by atoms with E-state index in [1.54, 1.807) is 0 Å². The molecule has 0 aliphatic heterocycles. The monoisotopic (exact) mass is 758 g/mol. The lowest BCUT2D eigenvalue weighted by Gasteiger charge is -2.24. The molecule has 0 radical (unpaired) electrons. The van der Waals surface area contributed by atoms with Gasteiger partial charge in [-0.25, -0.2) is 0 Å². The van der Waals surface area contributed by atoms with Crippen LogP contribution in [0.25, 0.3) is 44.8 Å². The summed E-state index contributed by atoms with van der Waals surface area (Å²) in [5.41, 5.74) is 17.3. The Morgan fingerprint density at radius 3 is 1.76 bits per heavy atom. The van der Waals surface area contributed by atoms with E-state index < -0.39 is 0 Å². The Balaban J connectivity index is 1.11. The van der Waals surface area contributed by atoms with E-state index in [9.17, 15) is 0 Å². The first-order valence-corrected chi connectivity index (χ1v) is 20.8. The summed E-state index contributed by atoms with van der Waals surface area (Å²) in [6.45, 7) is 16.0. The fraction of sp³-hybridized carbons (Fsp3) is 0.259. The molecule has 4 nitrogen and oxygen atoms in total. The predicted molar refractivity (Wildman–Crippen MR) is 242 cm³/mol. The molecule has 2 unspecified atom stereocenters. The van der Waals surface area contributed by atoms with Crippen LogP contribution in [0.4, 0.5) is 0 Å². The molecule has 8 rings (SSSR count). The number of benzene rings is 4. The maximum Gasteiger partial charge on any atom is 0.0936 e. The Hall–Kier alpha value is -6.00. The summed E-state index contributed by atoms with van der Waals surface area (Å²) >= 11 is 0. The minimum Gasteiger partial charge on any atom is -0.158 e. The lowest BCUT2D eigenvalue weighted by atomic mass is 9.81. The molecule has 2 aromatic heterocycles. The minimum absolute atomic E-state index is 0.0498. The van der Waals surface area contributed by atoms with E-state index in [0.29, 0.717) is 5.92 Å². The molecule has 6 aromatic rings.